The number of hydrogen-bond acceptors (Lipinski definition) is 4. The van der Waals surface area contributed by atoms with Gasteiger partial charge >= 0.3 is 13.5 Å². The Balaban J connectivity index is 2.08. The first-order chi connectivity index (χ1) is 14.1. The first-order valence-electron chi connectivity index (χ1n) is 8.45. The van der Waals surface area contributed by atoms with E-state index in [4.69, 9.17) is 50.9 Å². The Labute approximate surface area is 197 Å². The fraction of sp³-hybridized carbons (Fsp3) is 0.105. The predicted octanol–water partition coefficient (Wildman–Crippen LogP) is 7.69. The fourth-order valence-corrected chi connectivity index (χ4v) is 6.51. The second-order valence-corrected chi connectivity index (χ2v) is 10.7. The second-order valence-electron chi connectivity index (χ2n) is 5.96. The van der Waals surface area contributed by atoms with Crippen LogP contribution in [0.25, 0.3) is 10.4 Å². The molecule has 3 aromatic rings. The summed E-state index contributed by atoms with van der Waals surface area (Å²) in [6.07, 6.45) is 0. The van der Waals surface area contributed by atoms with Crippen LogP contribution in [0, 0.1) is 0 Å². The molecule has 0 amide bonds. The van der Waals surface area contributed by atoms with E-state index in [1.54, 1.807) is 31.2 Å². The van der Waals surface area contributed by atoms with Crippen LogP contribution in [-0.2, 0) is 9.09 Å². The normalized spacial score (nSPS) is 13.1. The molecule has 0 aliphatic rings. The van der Waals surface area contributed by atoms with Crippen molar-refractivity contribution < 1.29 is 19.0 Å². The van der Waals surface area contributed by atoms with E-state index in [0.717, 1.165) is 11.3 Å². The summed E-state index contributed by atoms with van der Waals surface area (Å²) in [5.41, 5.74) is 0.803. The van der Waals surface area contributed by atoms with Crippen molar-refractivity contribution in [3.63, 3.8) is 0 Å². The van der Waals surface area contributed by atoms with Gasteiger partial charge in [-0.1, -0.05) is 52.5 Å². The molecule has 0 fully saturated rings. The van der Waals surface area contributed by atoms with Gasteiger partial charge in [0.1, 0.15) is 4.88 Å². The predicted molar refractivity (Wildman–Crippen MR) is 126 cm³/mol. The van der Waals surface area contributed by atoms with Gasteiger partial charge in [-0.3, -0.25) is 4.57 Å². The summed E-state index contributed by atoms with van der Waals surface area (Å²) in [6, 6.07) is 11.0. The minimum Gasteiger partial charge on any atom is -0.477 e. The van der Waals surface area contributed by atoms with Crippen LogP contribution in [0.15, 0.2) is 42.5 Å². The fourth-order valence-electron chi connectivity index (χ4n) is 2.65. The molecule has 3 rings (SSSR count). The lowest BCUT2D eigenvalue weighted by Gasteiger charge is -2.21. The van der Waals surface area contributed by atoms with Crippen LogP contribution < -0.4 is 10.4 Å². The highest BCUT2D eigenvalue weighted by atomic mass is 35.5. The summed E-state index contributed by atoms with van der Waals surface area (Å²) in [6.45, 7) is 1.78. The van der Waals surface area contributed by atoms with E-state index in [-0.39, 0.29) is 27.5 Å². The molecule has 0 saturated carbocycles. The number of hydrogen-bond donors (Lipinski definition) is 2. The van der Waals surface area contributed by atoms with Crippen LogP contribution in [0.5, 0.6) is 0 Å². The highest BCUT2D eigenvalue weighted by Crippen LogP contribution is 2.50. The van der Waals surface area contributed by atoms with Crippen LogP contribution in [0.2, 0.25) is 20.1 Å². The number of halogens is 4. The summed E-state index contributed by atoms with van der Waals surface area (Å²) >= 11 is 25.2. The van der Waals surface area contributed by atoms with Crippen LogP contribution in [0.4, 0.5) is 5.69 Å². The Morgan fingerprint density at radius 1 is 1.07 bits per heavy atom. The van der Waals surface area contributed by atoms with Gasteiger partial charge in [0, 0.05) is 9.90 Å². The topological polar surface area (TPSA) is 75.6 Å². The van der Waals surface area contributed by atoms with E-state index >= 15 is 0 Å². The third-order valence-corrected chi connectivity index (χ3v) is 8.71. The molecule has 30 heavy (non-hydrogen) atoms. The maximum Gasteiger partial charge on any atom is 0.348 e. The molecule has 1 unspecified atom stereocenters. The van der Waals surface area contributed by atoms with Gasteiger partial charge < -0.3 is 14.7 Å². The number of benzene rings is 2. The van der Waals surface area contributed by atoms with Crippen molar-refractivity contribution in [2.24, 2.45) is 0 Å². The molecule has 1 heterocycles. The van der Waals surface area contributed by atoms with Gasteiger partial charge in [0.15, 0.2) is 0 Å². The summed E-state index contributed by atoms with van der Waals surface area (Å²) in [4.78, 5) is 12.4. The van der Waals surface area contributed by atoms with E-state index in [2.05, 4.69) is 5.09 Å². The zero-order chi connectivity index (χ0) is 22.1. The van der Waals surface area contributed by atoms with Gasteiger partial charge in [-0.25, -0.2) is 4.79 Å². The number of rotatable bonds is 7. The highest BCUT2D eigenvalue weighted by molar-refractivity contribution is 7.68. The Morgan fingerprint density at radius 3 is 2.40 bits per heavy atom. The Kier molecular flexibility index (Phi) is 7.41. The van der Waals surface area contributed by atoms with Crippen molar-refractivity contribution >= 4 is 82.2 Å². The molecule has 1 aromatic heterocycles. The van der Waals surface area contributed by atoms with Crippen molar-refractivity contribution in [3.8, 4) is 10.4 Å². The van der Waals surface area contributed by atoms with Crippen molar-refractivity contribution in [1.82, 2.24) is 0 Å². The standard InChI is InChI=1S/C19H14Cl4NO4PS/c1-2-28-29(27,16-6-4-11(20)8-14(16)23)24-15-9-17(30-18(15)19(25)26)10-3-5-12(21)13(22)7-10/h3-9H,2H2,1H3,(H,24,27)(H,25,26). The lowest BCUT2D eigenvalue weighted by Crippen LogP contribution is -2.16. The molecule has 0 radical (unpaired) electrons. The van der Waals surface area contributed by atoms with Gasteiger partial charge in [-0.2, -0.15) is 0 Å². The summed E-state index contributed by atoms with van der Waals surface area (Å²) in [5.74, 6) is -1.18. The third kappa shape index (κ3) is 4.97. The monoisotopic (exact) mass is 523 g/mol. The number of carboxylic acids is 1. The van der Waals surface area contributed by atoms with Gasteiger partial charge in [-0.05, 0) is 48.9 Å². The van der Waals surface area contributed by atoms with Crippen LogP contribution in [-0.4, -0.2) is 17.7 Å². The molecule has 11 heteroatoms. The first-order valence-corrected chi connectivity index (χ1v) is 12.4. The molecular weight excluding hydrogens is 511 g/mol. The zero-order valence-electron chi connectivity index (χ0n) is 15.3. The number of carbonyl (C=O) groups is 1. The lowest BCUT2D eigenvalue weighted by atomic mass is 10.2. The van der Waals surface area contributed by atoms with Crippen LogP contribution >= 0.6 is 65.3 Å². The summed E-state index contributed by atoms with van der Waals surface area (Å²) in [7, 11) is -3.76. The minimum absolute atomic E-state index is 0.0407. The molecule has 0 spiro atoms. The first kappa shape index (κ1) is 23.4. The molecular formula is C19H14Cl4NO4PS. The van der Waals surface area contributed by atoms with Gasteiger partial charge in [0.05, 0.1) is 32.7 Å². The van der Waals surface area contributed by atoms with Crippen molar-refractivity contribution in [1.29, 1.82) is 0 Å². The highest BCUT2D eigenvalue weighted by Gasteiger charge is 2.31. The number of thiophene rings is 1. The zero-order valence-corrected chi connectivity index (χ0v) is 20.0. The van der Waals surface area contributed by atoms with E-state index in [1.807, 2.05) is 0 Å². The second kappa shape index (κ2) is 9.49. The average Bonchev–Trinajstić information content (AvgIpc) is 3.07. The smallest absolute Gasteiger partial charge is 0.348 e. The van der Waals surface area contributed by atoms with E-state index in [1.165, 1.54) is 18.2 Å². The van der Waals surface area contributed by atoms with Gasteiger partial charge in [0.2, 0.25) is 0 Å². The van der Waals surface area contributed by atoms with Crippen molar-refractivity contribution in [3.05, 3.63) is 67.4 Å². The largest absolute Gasteiger partial charge is 0.477 e. The number of anilines is 1. The van der Waals surface area contributed by atoms with Crippen molar-refractivity contribution in [2.45, 2.75) is 6.92 Å². The molecule has 0 aliphatic carbocycles. The molecule has 1 atom stereocenters. The maximum absolute atomic E-state index is 13.6. The maximum atomic E-state index is 13.6. The van der Waals surface area contributed by atoms with Gasteiger partial charge in [-0.15, -0.1) is 11.3 Å². The van der Waals surface area contributed by atoms with E-state index in [0.29, 0.717) is 25.5 Å². The van der Waals surface area contributed by atoms with Gasteiger partial charge in [0.25, 0.3) is 0 Å². The van der Waals surface area contributed by atoms with E-state index in [9.17, 15) is 14.5 Å². The number of carboxylic acid groups (broad SMARTS) is 1. The Hall–Kier alpha value is -1.24. The van der Waals surface area contributed by atoms with Crippen LogP contribution in [0.1, 0.15) is 16.6 Å². The van der Waals surface area contributed by atoms with E-state index < -0.39 is 13.5 Å². The summed E-state index contributed by atoms with van der Waals surface area (Å²) in [5, 5.41) is 13.9. The SMILES string of the molecule is CCOP(=O)(Nc1cc(-c2ccc(Cl)c(Cl)c2)sc1C(=O)O)c1ccc(Cl)cc1Cl. The summed E-state index contributed by atoms with van der Waals surface area (Å²) < 4.78 is 19.2. The molecule has 5 nitrogen and oxygen atoms in total. The molecule has 0 saturated heterocycles. The molecule has 0 aliphatic heterocycles. The quantitative estimate of drug-likeness (QED) is 0.310. The minimum atomic E-state index is -3.76. The molecule has 0 bridgehead atoms. The lowest BCUT2D eigenvalue weighted by molar-refractivity contribution is 0.0703. The molecule has 2 N–H and O–H groups in total. The average molecular weight is 525 g/mol. The number of aromatic carboxylic acids is 1. The molecule has 2 aromatic carbocycles. The number of nitrogens with one attached hydrogen (secondary N) is 1. The Morgan fingerprint density at radius 2 is 1.80 bits per heavy atom. The molecule has 158 valence electrons. The Bertz CT molecular complexity index is 1170. The van der Waals surface area contributed by atoms with Crippen molar-refractivity contribution in [2.75, 3.05) is 11.7 Å². The third-order valence-electron chi connectivity index (χ3n) is 3.94. The van der Waals surface area contributed by atoms with Crippen LogP contribution in [0.3, 0.4) is 0 Å².